The zero-order chi connectivity index (χ0) is 29.4. The quantitative estimate of drug-likeness (QED) is 0.318. The van der Waals surface area contributed by atoms with Crippen LogP contribution in [0.1, 0.15) is 30.1 Å². The first-order valence-corrected chi connectivity index (χ1v) is 13.9. The van der Waals surface area contributed by atoms with E-state index >= 15 is 8.78 Å². The maximum atomic E-state index is 15.5. The second kappa shape index (κ2) is 11.3. The molecule has 8 nitrogen and oxygen atoms in total. The molecule has 3 heterocycles. The molecule has 2 aliphatic rings. The standard InChI is InChI=1S/C31H31F3N4O4/c1-37-26-15-20(4-5-21(26)17-35-37)19-6-8-23(9-7-19)31(33,34)30(40)36-25(18-38-10-2-3-11-38)28(39)22-14-24(32)29-27(16-22)41-12-13-42-29/h4-9,14-17,25,28,39H,2-3,10-13,18H2,1H3,(H,36,40)/t25-,28-/m1/s1. The molecule has 2 atom stereocenters. The monoisotopic (exact) mass is 580 g/mol. The molecule has 1 saturated heterocycles. The summed E-state index contributed by atoms with van der Waals surface area (Å²) in [5.74, 6) is -6.11. The molecule has 3 aromatic carbocycles. The summed E-state index contributed by atoms with van der Waals surface area (Å²) < 4.78 is 58.3. The highest BCUT2D eigenvalue weighted by atomic mass is 19.3. The second-order valence-electron chi connectivity index (χ2n) is 10.8. The first kappa shape index (κ1) is 28.0. The second-order valence-corrected chi connectivity index (χ2v) is 10.8. The number of halogens is 3. The predicted octanol–water partition coefficient (Wildman–Crippen LogP) is 4.56. The lowest BCUT2D eigenvalue weighted by Gasteiger charge is -2.30. The number of hydrogen-bond acceptors (Lipinski definition) is 6. The molecule has 1 aromatic heterocycles. The Labute approximate surface area is 240 Å². The Kier molecular flexibility index (Phi) is 7.54. The summed E-state index contributed by atoms with van der Waals surface area (Å²) in [4.78, 5) is 15.1. The Morgan fingerprint density at radius 3 is 2.52 bits per heavy atom. The van der Waals surface area contributed by atoms with Crippen LogP contribution >= 0.6 is 0 Å². The van der Waals surface area contributed by atoms with E-state index < -0.39 is 35.4 Å². The number of amides is 1. The Balaban J connectivity index is 1.23. The lowest BCUT2D eigenvalue weighted by atomic mass is 9.98. The Morgan fingerprint density at radius 2 is 1.76 bits per heavy atom. The van der Waals surface area contributed by atoms with Crippen molar-refractivity contribution in [2.24, 2.45) is 7.05 Å². The topological polar surface area (TPSA) is 88.9 Å². The first-order chi connectivity index (χ1) is 20.2. The number of aryl methyl sites for hydroxylation is 1. The molecule has 0 spiro atoms. The summed E-state index contributed by atoms with van der Waals surface area (Å²) in [5.41, 5.74) is 2.05. The first-order valence-electron chi connectivity index (χ1n) is 13.9. The number of likely N-dealkylation sites (tertiary alicyclic amines) is 1. The fraction of sp³-hybridized carbons (Fsp3) is 0.355. The van der Waals surface area contributed by atoms with Crippen LogP contribution < -0.4 is 14.8 Å². The van der Waals surface area contributed by atoms with E-state index in [9.17, 15) is 14.3 Å². The van der Waals surface area contributed by atoms with Gasteiger partial charge in [0.2, 0.25) is 0 Å². The van der Waals surface area contributed by atoms with Gasteiger partial charge in [-0.05, 0) is 60.8 Å². The zero-order valence-electron chi connectivity index (χ0n) is 23.0. The van der Waals surface area contributed by atoms with E-state index in [4.69, 9.17) is 9.47 Å². The molecule has 42 heavy (non-hydrogen) atoms. The maximum Gasteiger partial charge on any atom is 0.349 e. The predicted molar refractivity (Wildman–Crippen MR) is 150 cm³/mol. The van der Waals surface area contributed by atoms with Crippen molar-refractivity contribution in [2.75, 3.05) is 32.8 Å². The van der Waals surface area contributed by atoms with Gasteiger partial charge < -0.3 is 24.8 Å². The molecule has 2 aliphatic heterocycles. The number of aromatic nitrogens is 2. The van der Waals surface area contributed by atoms with Crippen molar-refractivity contribution in [3.05, 3.63) is 77.7 Å². The average molecular weight is 581 g/mol. The molecular formula is C31H31F3N4O4. The SMILES string of the molecule is Cn1ncc2ccc(-c3ccc(C(F)(F)C(=O)N[C@H](CN4CCCC4)[C@H](O)c4cc(F)c5c(c4)OCCO5)cc3)cc21. The molecule has 0 radical (unpaired) electrons. The van der Waals surface area contributed by atoms with Crippen LogP contribution in [-0.2, 0) is 17.8 Å². The third-order valence-electron chi connectivity index (χ3n) is 7.93. The van der Waals surface area contributed by atoms with Gasteiger partial charge in [0.25, 0.3) is 5.91 Å². The number of nitrogens with zero attached hydrogens (tertiary/aromatic N) is 3. The van der Waals surface area contributed by atoms with Crippen LogP contribution in [0.5, 0.6) is 11.5 Å². The Hall–Kier alpha value is -4.09. The fourth-order valence-corrected chi connectivity index (χ4v) is 5.59. The number of rotatable bonds is 8. The molecule has 11 heteroatoms. The largest absolute Gasteiger partial charge is 0.486 e. The van der Waals surface area contributed by atoms with Crippen LogP contribution in [0.25, 0.3) is 22.0 Å². The van der Waals surface area contributed by atoms with Crippen molar-refractivity contribution in [3.8, 4) is 22.6 Å². The summed E-state index contributed by atoms with van der Waals surface area (Å²) in [6, 6.07) is 12.6. The number of carbonyl (C=O) groups is 1. The normalized spacial score (nSPS) is 16.9. The molecule has 0 saturated carbocycles. The van der Waals surface area contributed by atoms with Crippen LogP contribution in [0.3, 0.4) is 0 Å². The number of aliphatic hydroxyl groups is 1. The van der Waals surface area contributed by atoms with Crippen molar-refractivity contribution in [1.29, 1.82) is 0 Å². The highest BCUT2D eigenvalue weighted by molar-refractivity contribution is 5.86. The van der Waals surface area contributed by atoms with E-state index in [1.54, 1.807) is 23.0 Å². The van der Waals surface area contributed by atoms with Gasteiger partial charge in [-0.3, -0.25) is 9.48 Å². The Bertz CT molecular complexity index is 1600. The number of aliphatic hydroxyl groups excluding tert-OH is 1. The van der Waals surface area contributed by atoms with Gasteiger partial charge in [-0.2, -0.15) is 13.9 Å². The minimum Gasteiger partial charge on any atom is -0.486 e. The zero-order valence-corrected chi connectivity index (χ0v) is 23.0. The lowest BCUT2D eigenvalue weighted by Crippen LogP contribution is -2.51. The smallest absolute Gasteiger partial charge is 0.349 e. The molecule has 0 bridgehead atoms. The number of benzene rings is 3. The third kappa shape index (κ3) is 5.41. The van der Waals surface area contributed by atoms with Crippen LogP contribution in [0.2, 0.25) is 0 Å². The van der Waals surface area contributed by atoms with Gasteiger partial charge in [0.1, 0.15) is 19.3 Å². The van der Waals surface area contributed by atoms with Crippen LogP contribution in [0.15, 0.2) is 60.8 Å². The minimum absolute atomic E-state index is 0.0625. The van der Waals surface area contributed by atoms with Gasteiger partial charge in [0.05, 0.1) is 17.8 Å². The number of ether oxygens (including phenoxy) is 2. The summed E-state index contributed by atoms with van der Waals surface area (Å²) in [6.07, 6.45) is 2.12. The van der Waals surface area contributed by atoms with Gasteiger partial charge in [-0.15, -0.1) is 0 Å². The van der Waals surface area contributed by atoms with Gasteiger partial charge in [-0.1, -0.05) is 36.4 Å². The summed E-state index contributed by atoms with van der Waals surface area (Å²) in [5, 5.41) is 18.8. The van der Waals surface area contributed by atoms with Crippen LogP contribution in [-0.4, -0.2) is 64.6 Å². The van der Waals surface area contributed by atoms with Crippen molar-refractivity contribution in [2.45, 2.75) is 30.9 Å². The minimum atomic E-state index is -3.88. The van der Waals surface area contributed by atoms with Gasteiger partial charge in [0, 0.05) is 24.5 Å². The molecule has 4 aromatic rings. The number of hydrogen-bond donors (Lipinski definition) is 2. The van der Waals surface area contributed by atoms with Crippen molar-refractivity contribution in [3.63, 3.8) is 0 Å². The van der Waals surface area contributed by atoms with Gasteiger partial charge >= 0.3 is 5.92 Å². The summed E-state index contributed by atoms with van der Waals surface area (Å²) >= 11 is 0. The number of alkyl halides is 2. The van der Waals surface area contributed by atoms with E-state index in [-0.39, 0.29) is 36.8 Å². The van der Waals surface area contributed by atoms with E-state index in [0.29, 0.717) is 18.7 Å². The summed E-state index contributed by atoms with van der Waals surface area (Å²) in [7, 11) is 1.83. The number of nitrogens with one attached hydrogen (secondary N) is 1. The molecule has 1 amide bonds. The summed E-state index contributed by atoms with van der Waals surface area (Å²) in [6.45, 7) is 1.93. The number of carbonyl (C=O) groups excluding carboxylic acids is 1. The lowest BCUT2D eigenvalue weighted by molar-refractivity contribution is -0.149. The molecule has 2 N–H and O–H groups in total. The van der Waals surface area contributed by atoms with Crippen LogP contribution in [0, 0.1) is 5.82 Å². The highest BCUT2D eigenvalue weighted by Crippen LogP contribution is 2.37. The molecule has 220 valence electrons. The Morgan fingerprint density at radius 1 is 1.05 bits per heavy atom. The molecular weight excluding hydrogens is 549 g/mol. The van der Waals surface area contributed by atoms with E-state index in [0.717, 1.165) is 35.4 Å². The van der Waals surface area contributed by atoms with Gasteiger partial charge in [0.15, 0.2) is 17.3 Å². The van der Waals surface area contributed by atoms with Crippen LogP contribution in [0.4, 0.5) is 13.2 Å². The maximum absolute atomic E-state index is 15.5. The number of fused-ring (bicyclic) bond motifs is 2. The average Bonchev–Trinajstić information content (AvgIpc) is 3.65. The third-order valence-corrected chi connectivity index (χ3v) is 7.93. The van der Waals surface area contributed by atoms with Crippen molar-refractivity contribution >= 4 is 16.8 Å². The van der Waals surface area contributed by atoms with E-state index in [2.05, 4.69) is 10.4 Å². The van der Waals surface area contributed by atoms with Crippen molar-refractivity contribution in [1.82, 2.24) is 20.0 Å². The van der Waals surface area contributed by atoms with E-state index in [1.165, 1.54) is 18.2 Å². The molecule has 0 aliphatic carbocycles. The van der Waals surface area contributed by atoms with Crippen molar-refractivity contribution < 1.29 is 32.5 Å². The molecule has 6 rings (SSSR count). The highest BCUT2D eigenvalue weighted by Gasteiger charge is 2.43. The van der Waals surface area contributed by atoms with E-state index in [1.807, 2.05) is 30.1 Å². The van der Waals surface area contributed by atoms with Gasteiger partial charge in [-0.25, -0.2) is 4.39 Å². The fourth-order valence-electron chi connectivity index (χ4n) is 5.59. The molecule has 1 fully saturated rings. The molecule has 0 unspecified atom stereocenters.